The quantitative estimate of drug-likeness (QED) is 0.437. The second-order valence-corrected chi connectivity index (χ2v) is 11.5. The lowest BCUT2D eigenvalue weighted by atomic mass is 9.47. The van der Waals surface area contributed by atoms with Gasteiger partial charge in [-0.15, -0.1) is 0 Å². The van der Waals surface area contributed by atoms with Crippen LogP contribution in [0.1, 0.15) is 105 Å². The van der Waals surface area contributed by atoms with Gasteiger partial charge in [0.1, 0.15) is 0 Å². The molecule has 0 aromatic rings. The Bertz CT molecular complexity index is 606. The minimum Gasteiger partial charge on any atom is -0.0859 e. The highest BCUT2D eigenvalue weighted by atomic mass is 14.6. The first-order valence-corrected chi connectivity index (χ1v) is 12.2. The molecule has 0 N–H and O–H groups in total. The fourth-order valence-corrected chi connectivity index (χ4v) is 8.51. The summed E-state index contributed by atoms with van der Waals surface area (Å²) < 4.78 is 0. The van der Waals surface area contributed by atoms with Crippen molar-refractivity contribution in [3.05, 3.63) is 23.3 Å². The van der Waals surface area contributed by atoms with Crippen LogP contribution in [0, 0.1) is 40.4 Å². The van der Waals surface area contributed by atoms with Crippen LogP contribution in [0.2, 0.25) is 0 Å². The van der Waals surface area contributed by atoms with Crippen molar-refractivity contribution in [3.8, 4) is 0 Å². The summed E-state index contributed by atoms with van der Waals surface area (Å²) in [5, 5.41) is 0. The van der Waals surface area contributed by atoms with Crippen molar-refractivity contribution in [3.63, 3.8) is 0 Å². The molecule has 0 amide bonds. The number of allylic oxidation sites excluding steroid dienone is 4. The van der Waals surface area contributed by atoms with Gasteiger partial charge in [-0.2, -0.15) is 0 Å². The Morgan fingerprint density at radius 1 is 1.11 bits per heavy atom. The molecule has 27 heavy (non-hydrogen) atoms. The molecule has 152 valence electrons. The Hall–Kier alpha value is -0.520. The van der Waals surface area contributed by atoms with Gasteiger partial charge in [-0.25, -0.2) is 0 Å². The maximum absolute atomic E-state index is 2.73. The third-order valence-electron chi connectivity index (χ3n) is 9.95. The van der Waals surface area contributed by atoms with Crippen LogP contribution in [0.25, 0.3) is 0 Å². The summed E-state index contributed by atoms with van der Waals surface area (Å²) in [7, 11) is 0. The summed E-state index contributed by atoms with van der Waals surface area (Å²) >= 11 is 0. The maximum atomic E-state index is 2.73. The van der Waals surface area contributed by atoms with Crippen molar-refractivity contribution in [2.24, 2.45) is 40.4 Å². The smallest absolute Gasteiger partial charge is 0.00853 e. The highest BCUT2D eigenvalue weighted by molar-refractivity contribution is 5.24. The van der Waals surface area contributed by atoms with Crippen molar-refractivity contribution >= 4 is 0 Å². The molecule has 0 aromatic heterocycles. The molecule has 3 saturated carbocycles. The van der Waals surface area contributed by atoms with Crippen molar-refractivity contribution in [1.29, 1.82) is 0 Å². The molecule has 0 spiro atoms. The number of rotatable bonds is 4. The van der Waals surface area contributed by atoms with E-state index in [4.69, 9.17) is 0 Å². The van der Waals surface area contributed by atoms with Crippen molar-refractivity contribution in [2.45, 2.75) is 105 Å². The molecule has 0 saturated heterocycles. The van der Waals surface area contributed by atoms with Crippen LogP contribution in [-0.4, -0.2) is 0 Å². The van der Waals surface area contributed by atoms with Gasteiger partial charge in [-0.05, 0) is 118 Å². The van der Waals surface area contributed by atoms with Gasteiger partial charge in [0.25, 0.3) is 0 Å². The predicted octanol–water partition coefficient (Wildman–Crippen LogP) is 8.34. The third kappa shape index (κ3) is 3.28. The van der Waals surface area contributed by atoms with E-state index >= 15 is 0 Å². The van der Waals surface area contributed by atoms with Crippen LogP contribution >= 0.6 is 0 Å². The summed E-state index contributed by atoms with van der Waals surface area (Å²) in [6.07, 6.45) is 21.2. The highest BCUT2D eigenvalue weighted by Crippen LogP contribution is 2.67. The Labute approximate surface area is 169 Å². The van der Waals surface area contributed by atoms with Gasteiger partial charge in [0.05, 0.1) is 0 Å². The number of hydrogen-bond acceptors (Lipinski definition) is 0. The fourth-order valence-electron chi connectivity index (χ4n) is 8.51. The van der Waals surface area contributed by atoms with Crippen LogP contribution in [0.5, 0.6) is 0 Å². The summed E-state index contributed by atoms with van der Waals surface area (Å²) in [6, 6.07) is 0. The van der Waals surface area contributed by atoms with E-state index in [9.17, 15) is 0 Å². The van der Waals surface area contributed by atoms with Gasteiger partial charge in [-0.3, -0.25) is 0 Å². The zero-order valence-electron chi connectivity index (χ0n) is 18.8. The third-order valence-corrected chi connectivity index (χ3v) is 9.95. The summed E-state index contributed by atoms with van der Waals surface area (Å²) in [4.78, 5) is 0. The molecule has 1 unspecified atom stereocenters. The molecule has 4 aliphatic rings. The Morgan fingerprint density at radius 2 is 1.93 bits per heavy atom. The van der Waals surface area contributed by atoms with Crippen LogP contribution in [0.3, 0.4) is 0 Å². The van der Waals surface area contributed by atoms with Crippen LogP contribution in [0.4, 0.5) is 0 Å². The first-order valence-electron chi connectivity index (χ1n) is 12.2. The SMILES string of the molecule is CC(C)=CCCC(C)[C@H]1CC[C@H]2[C@@H]3CC=C4CCCC[C@]4(C)[C@H]3CC[C@]12C. The number of hydrogen-bond donors (Lipinski definition) is 0. The topological polar surface area (TPSA) is 0 Å². The Kier molecular flexibility index (Phi) is 5.41. The molecule has 4 aliphatic carbocycles. The predicted molar refractivity (Wildman–Crippen MR) is 118 cm³/mol. The van der Waals surface area contributed by atoms with E-state index in [1.807, 2.05) is 5.57 Å². The summed E-state index contributed by atoms with van der Waals surface area (Å²) in [5.74, 6) is 4.86. The Morgan fingerprint density at radius 3 is 2.70 bits per heavy atom. The average molecular weight is 369 g/mol. The zero-order chi connectivity index (χ0) is 19.2. The zero-order valence-corrected chi connectivity index (χ0v) is 18.8. The van der Waals surface area contributed by atoms with Crippen LogP contribution < -0.4 is 0 Å². The summed E-state index contributed by atoms with van der Waals surface area (Å²) in [6.45, 7) is 12.4. The lowest BCUT2D eigenvalue weighted by Crippen LogP contribution is -2.50. The molecule has 0 aromatic carbocycles. The van der Waals surface area contributed by atoms with Gasteiger partial charge in [0, 0.05) is 0 Å². The van der Waals surface area contributed by atoms with E-state index in [2.05, 4.69) is 46.8 Å². The molecule has 3 fully saturated rings. The normalized spacial score (nSPS) is 44.6. The minimum absolute atomic E-state index is 0.565. The van der Waals surface area contributed by atoms with Gasteiger partial charge >= 0.3 is 0 Å². The van der Waals surface area contributed by atoms with E-state index < -0.39 is 0 Å². The van der Waals surface area contributed by atoms with Gasteiger partial charge < -0.3 is 0 Å². The van der Waals surface area contributed by atoms with Crippen molar-refractivity contribution < 1.29 is 0 Å². The maximum Gasteiger partial charge on any atom is -0.00853 e. The highest BCUT2D eigenvalue weighted by Gasteiger charge is 2.58. The van der Waals surface area contributed by atoms with E-state index in [0.717, 1.165) is 29.6 Å². The second kappa shape index (κ2) is 7.38. The first-order chi connectivity index (χ1) is 12.9. The molecule has 4 rings (SSSR count). The molecule has 0 bridgehead atoms. The monoisotopic (exact) mass is 368 g/mol. The average Bonchev–Trinajstić information content (AvgIpc) is 2.98. The molecule has 0 aliphatic heterocycles. The largest absolute Gasteiger partial charge is 0.0859 e. The lowest BCUT2D eigenvalue weighted by molar-refractivity contribution is -0.0498. The molecule has 7 atom stereocenters. The molecule has 0 nitrogen and oxygen atoms in total. The van der Waals surface area contributed by atoms with Crippen LogP contribution in [0.15, 0.2) is 23.3 Å². The Balaban J connectivity index is 1.51. The van der Waals surface area contributed by atoms with Crippen LogP contribution in [-0.2, 0) is 0 Å². The molecule has 0 radical (unpaired) electrons. The minimum atomic E-state index is 0.565. The second-order valence-electron chi connectivity index (χ2n) is 11.5. The first kappa shape index (κ1) is 19.8. The van der Waals surface area contributed by atoms with E-state index in [-0.39, 0.29) is 0 Å². The van der Waals surface area contributed by atoms with Crippen molar-refractivity contribution in [1.82, 2.24) is 0 Å². The van der Waals surface area contributed by atoms with Gasteiger partial charge in [0.2, 0.25) is 0 Å². The number of fused-ring (bicyclic) bond motifs is 5. The molecular formula is C27H44. The standard InChI is InChI=1S/C27H44/c1-19(2)9-8-10-20(3)23-14-15-24-22-13-12-21-11-6-7-17-26(21,4)25(22)16-18-27(23,24)5/h9,12,20,22-25H,6-8,10-11,13-18H2,1-5H3/t20?,22-,23+,24-,25-,26-,27+/m0/s1. The molecule has 0 heterocycles. The van der Waals surface area contributed by atoms with E-state index in [1.165, 1.54) is 76.2 Å². The molecular weight excluding hydrogens is 324 g/mol. The lowest BCUT2D eigenvalue weighted by Gasteiger charge is -2.58. The van der Waals surface area contributed by atoms with Gasteiger partial charge in [-0.1, -0.05) is 50.5 Å². The van der Waals surface area contributed by atoms with Crippen molar-refractivity contribution in [2.75, 3.05) is 0 Å². The van der Waals surface area contributed by atoms with E-state index in [0.29, 0.717) is 10.8 Å². The fraction of sp³-hybridized carbons (Fsp3) is 0.852. The van der Waals surface area contributed by atoms with Gasteiger partial charge in [0.15, 0.2) is 0 Å². The summed E-state index contributed by atoms with van der Waals surface area (Å²) in [5.41, 5.74) is 4.55. The molecule has 0 heteroatoms. The van der Waals surface area contributed by atoms with E-state index in [1.54, 1.807) is 0 Å².